The summed E-state index contributed by atoms with van der Waals surface area (Å²) in [6.45, 7) is 1.98. The Hall–Kier alpha value is -1.78. The van der Waals surface area contributed by atoms with Gasteiger partial charge in [0.05, 0.1) is 16.4 Å². The number of hydrazone groups is 1. The lowest BCUT2D eigenvalue weighted by Crippen LogP contribution is -2.06. The molecule has 0 radical (unpaired) electrons. The molecule has 0 aliphatic heterocycles. The molecular formula is C16H16ClN3S. The number of thioether (sulfide) groups is 1. The number of hydrogen-bond donors (Lipinski definition) is 1. The van der Waals surface area contributed by atoms with Gasteiger partial charge in [-0.25, -0.2) is 4.99 Å². The maximum atomic E-state index is 5.93. The summed E-state index contributed by atoms with van der Waals surface area (Å²) in [4.78, 5) is 4.61. The third-order valence-electron chi connectivity index (χ3n) is 2.98. The normalized spacial score (nSPS) is 12.5. The van der Waals surface area contributed by atoms with E-state index in [1.54, 1.807) is 11.8 Å². The van der Waals surface area contributed by atoms with E-state index in [-0.39, 0.29) is 0 Å². The zero-order chi connectivity index (χ0) is 15.2. The van der Waals surface area contributed by atoms with E-state index < -0.39 is 0 Å². The van der Waals surface area contributed by atoms with Crippen molar-refractivity contribution in [2.24, 2.45) is 15.9 Å². The number of aliphatic imine (C=N–C) groups is 1. The van der Waals surface area contributed by atoms with Crippen LogP contribution < -0.4 is 5.84 Å². The highest BCUT2D eigenvalue weighted by Gasteiger charge is 2.11. The highest BCUT2D eigenvalue weighted by Crippen LogP contribution is 2.24. The molecule has 0 saturated carbocycles. The number of hydrogen-bond acceptors (Lipinski definition) is 4. The zero-order valence-electron chi connectivity index (χ0n) is 11.9. The number of benzene rings is 2. The van der Waals surface area contributed by atoms with Gasteiger partial charge in [-0.2, -0.15) is 5.10 Å². The molecule has 2 rings (SSSR count). The standard InChI is InChI=1S/C16H16ClN3S/c1-11(21-2)19-15-6-4-3-5-14(15)16(20-18)12-7-9-13(17)10-8-12/h3-10H,18H2,1-2H3/b19-11?,20-16-. The molecule has 0 bridgehead atoms. The zero-order valence-corrected chi connectivity index (χ0v) is 13.4. The fraction of sp³-hybridized carbons (Fsp3) is 0.125. The van der Waals surface area contributed by atoms with E-state index in [0.29, 0.717) is 10.7 Å². The Labute approximate surface area is 133 Å². The maximum Gasteiger partial charge on any atom is 0.0993 e. The minimum absolute atomic E-state index is 0.680. The summed E-state index contributed by atoms with van der Waals surface area (Å²) in [5, 5.41) is 5.61. The quantitative estimate of drug-likeness (QED) is 0.393. The number of nitrogens with two attached hydrogens (primary N) is 1. The average molecular weight is 318 g/mol. The summed E-state index contributed by atoms with van der Waals surface area (Å²) < 4.78 is 0. The lowest BCUT2D eigenvalue weighted by Gasteiger charge is -2.09. The maximum absolute atomic E-state index is 5.93. The molecule has 2 aromatic carbocycles. The molecule has 2 N–H and O–H groups in total. The molecule has 0 heterocycles. The molecule has 0 amide bonds. The molecule has 0 aliphatic carbocycles. The van der Waals surface area contributed by atoms with E-state index in [9.17, 15) is 0 Å². The van der Waals surface area contributed by atoms with Gasteiger partial charge in [-0.3, -0.25) is 0 Å². The van der Waals surface area contributed by atoms with E-state index in [1.165, 1.54) is 0 Å². The Morgan fingerprint density at radius 3 is 2.38 bits per heavy atom. The van der Waals surface area contributed by atoms with E-state index in [2.05, 4.69) is 10.1 Å². The van der Waals surface area contributed by atoms with Crippen LogP contribution in [0.1, 0.15) is 18.1 Å². The Bertz CT molecular complexity index is 678. The largest absolute Gasteiger partial charge is 0.323 e. The van der Waals surface area contributed by atoms with E-state index in [4.69, 9.17) is 17.4 Å². The number of halogens is 1. The summed E-state index contributed by atoms with van der Waals surface area (Å²) in [5.41, 5.74) is 3.35. The topological polar surface area (TPSA) is 50.7 Å². The lowest BCUT2D eigenvalue weighted by atomic mass is 10.0. The summed E-state index contributed by atoms with van der Waals surface area (Å²) in [7, 11) is 0. The molecular weight excluding hydrogens is 302 g/mol. The van der Waals surface area contributed by atoms with Crippen LogP contribution in [-0.2, 0) is 0 Å². The fourth-order valence-electron chi connectivity index (χ4n) is 1.89. The molecule has 0 spiro atoms. The average Bonchev–Trinajstić information content (AvgIpc) is 2.51. The van der Waals surface area contributed by atoms with Crippen molar-refractivity contribution in [1.82, 2.24) is 0 Å². The molecule has 2 aromatic rings. The van der Waals surface area contributed by atoms with Gasteiger partial charge in [0.2, 0.25) is 0 Å². The van der Waals surface area contributed by atoms with Crippen molar-refractivity contribution >= 4 is 39.8 Å². The van der Waals surface area contributed by atoms with E-state index in [0.717, 1.165) is 21.9 Å². The van der Waals surface area contributed by atoms with Crippen LogP contribution in [0.5, 0.6) is 0 Å². The van der Waals surface area contributed by atoms with Crippen LogP contribution in [0.15, 0.2) is 58.6 Å². The third kappa shape index (κ3) is 3.86. The first-order valence-electron chi connectivity index (χ1n) is 6.38. The van der Waals surface area contributed by atoms with Gasteiger partial charge in [-0.1, -0.05) is 41.9 Å². The molecule has 0 aliphatic rings. The van der Waals surface area contributed by atoms with Crippen molar-refractivity contribution in [1.29, 1.82) is 0 Å². The van der Waals surface area contributed by atoms with Crippen molar-refractivity contribution in [3.63, 3.8) is 0 Å². The second-order valence-electron chi connectivity index (χ2n) is 4.34. The smallest absolute Gasteiger partial charge is 0.0993 e. The Morgan fingerprint density at radius 1 is 1.10 bits per heavy atom. The van der Waals surface area contributed by atoms with Gasteiger partial charge < -0.3 is 5.84 Å². The van der Waals surface area contributed by atoms with Crippen molar-refractivity contribution in [3.05, 3.63) is 64.7 Å². The minimum Gasteiger partial charge on any atom is -0.323 e. The summed E-state index contributed by atoms with van der Waals surface area (Å²) in [6.07, 6.45) is 2.00. The molecule has 0 aromatic heterocycles. The first kappa shape index (κ1) is 15.6. The van der Waals surface area contributed by atoms with Crippen LogP contribution in [-0.4, -0.2) is 17.0 Å². The third-order valence-corrected chi connectivity index (χ3v) is 3.91. The number of para-hydroxylation sites is 1. The summed E-state index contributed by atoms with van der Waals surface area (Å²) in [5.74, 6) is 5.61. The molecule has 5 heteroatoms. The minimum atomic E-state index is 0.680. The van der Waals surface area contributed by atoms with Crippen molar-refractivity contribution in [3.8, 4) is 0 Å². The van der Waals surface area contributed by atoms with Gasteiger partial charge in [0.25, 0.3) is 0 Å². The highest BCUT2D eigenvalue weighted by molar-refractivity contribution is 8.13. The Balaban J connectivity index is 2.51. The van der Waals surface area contributed by atoms with Crippen LogP contribution in [0.4, 0.5) is 5.69 Å². The molecule has 21 heavy (non-hydrogen) atoms. The molecule has 0 unspecified atom stereocenters. The van der Waals surface area contributed by atoms with E-state index >= 15 is 0 Å². The molecule has 0 fully saturated rings. The van der Waals surface area contributed by atoms with Gasteiger partial charge in [-0.15, -0.1) is 11.8 Å². The molecule has 0 atom stereocenters. The second kappa shape index (κ2) is 7.29. The van der Waals surface area contributed by atoms with Crippen LogP contribution in [0.2, 0.25) is 5.02 Å². The van der Waals surface area contributed by atoms with Gasteiger partial charge >= 0.3 is 0 Å². The highest BCUT2D eigenvalue weighted by atomic mass is 35.5. The van der Waals surface area contributed by atoms with Crippen LogP contribution in [0.3, 0.4) is 0 Å². The van der Waals surface area contributed by atoms with Crippen LogP contribution in [0, 0.1) is 0 Å². The fourth-order valence-corrected chi connectivity index (χ4v) is 2.21. The predicted octanol–water partition coefficient (Wildman–Crippen LogP) is 4.46. The predicted molar refractivity (Wildman–Crippen MR) is 94.0 cm³/mol. The molecule has 0 saturated heterocycles. The van der Waals surface area contributed by atoms with Crippen molar-refractivity contribution in [2.45, 2.75) is 6.92 Å². The molecule has 108 valence electrons. The molecule has 3 nitrogen and oxygen atoms in total. The number of nitrogens with zero attached hydrogens (tertiary/aromatic N) is 2. The lowest BCUT2D eigenvalue weighted by molar-refractivity contribution is 1.24. The first-order chi connectivity index (χ1) is 10.2. The van der Waals surface area contributed by atoms with Crippen molar-refractivity contribution < 1.29 is 0 Å². The van der Waals surface area contributed by atoms with Crippen molar-refractivity contribution in [2.75, 3.05) is 6.26 Å². The van der Waals surface area contributed by atoms with Gasteiger partial charge in [0.1, 0.15) is 0 Å². The van der Waals surface area contributed by atoms with E-state index in [1.807, 2.05) is 61.7 Å². The summed E-state index contributed by atoms with van der Waals surface area (Å²) in [6, 6.07) is 15.3. The SMILES string of the molecule is CSC(C)=Nc1ccccc1/C(=N\N)c1ccc(Cl)cc1. The van der Waals surface area contributed by atoms with Crippen LogP contribution in [0.25, 0.3) is 0 Å². The second-order valence-corrected chi connectivity index (χ2v) is 5.77. The Morgan fingerprint density at radius 2 is 1.76 bits per heavy atom. The summed E-state index contributed by atoms with van der Waals surface area (Å²) >= 11 is 7.54. The monoisotopic (exact) mass is 317 g/mol. The van der Waals surface area contributed by atoms with Gasteiger partial charge in [-0.05, 0) is 31.4 Å². The van der Waals surface area contributed by atoms with Gasteiger partial charge in [0, 0.05) is 16.1 Å². The van der Waals surface area contributed by atoms with Gasteiger partial charge in [0.15, 0.2) is 0 Å². The van der Waals surface area contributed by atoms with Crippen LogP contribution >= 0.6 is 23.4 Å². The first-order valence-corrected chi connectivity index (χ1v) is 7.98. The number of rotatable bonds is 3. The Kier molecular flexibility index (Phi) is 5.42.